The molecule has 1 aliphatic rings. The standard InChI is InChI=1S/C18H21N3O3S/c19-25(23,24)17-9-5-15(6-10-17)18(22)20-16-7-3-14(4-8-16)13-21-11-1-2-12-21/h3-10H,1-2,11-13H2,(H,20,22)(H2,19,23,24). The van der Waals surface area contributed by atoms with Gasteiger partial charge in [-0.3, -0.25) is 9.69 Å². The number of nitrogens with zero attached hydrogens (tertiary/aromatic N) is 1. The molecular formula is C18H21N3O3S. The number of primary sulfonamides is 1. The van der Waals surface area contributed by atoms with E-state index < -0.39 is 10.0 Å². The molecule has 6 nitrogen and oxygen atoms in total. The summed E-state index contributed by atoms with van der Waals surface area (Å²) in [5, 5.41) is 7.85. The third kappa shape index (κ3) is 4.66. The zero-order valence-corrected chi connectivity index (χ0v) is 14.6. The molecule has 2 aromatic rings. The summed E-state index contributed by atoms with van der Waals surface area (Å²) in [6.07, 6.45) is 2.52. The predicted octanol–water partition coefficient (Wildman–Crippen LogP) is 2.18. The highest BCUT2D eigenvalue weighted by atomic mass is 32.2. The normalized spacial score (nSPS) is 15.2. The molecule has 3 N–H and O–H groups in total. The number of benzene rings is 2. The zero-order valence-electron chi connectivity index (χ0n) is 13.8. The molecule has 3 rings (SSSR count). The van der Waals surface area contributed by atoms with Crippen LogP contribution in [-0.2, 0) is 16.6 Å². The first-order valence-corrected chi connectivity index (χ1v) is 9.72. The van der Waals surface area contributed by atoms with Crippen LogP contribution >= 0.6 is 0 Å². The van der Waals surface area contributed by atoms with Crippen LogP contribution in [0, 0.1) is 0 Å². The van der Waals surface area contributed by atoms with E-state index in [4.69, 9.17) is 5.14 Å². The second-order valence-electron chi connectivity index (χ2n) is 6.20. The number of carbonyl (C=O) groups excluding carboxylic acids is 1. The predicted molar refractivity (Wildman–Crippen MR) is 96.7 cm³/mol. The second kappa shape index (κ2) is 7.35. The Hall–Kier alpha value is -2.22. The Morgan fingerprint density at radius 1 is 1.00 bits per heavy atom. The van der Waals surface area contributed by atoms with Gasteiger partial charge in [0.05, 0.1) is 4.90 Å². The summed E-state index contributed by atoms with van der Waals surface area (Å²) >= 11 is 0. The Morgan fingerprint density at radius 3 is 2.16 bits per heavy atom. The van der Waals surface area contributed by atoms with E-state index >= 15 is 0 Å². The van der Waals surface area contributed by atoms with Gasteiger partial charge in [0.2, 0.25) is 10.0 Å². The molecule has 1 amide bonds. The molecule has 0 spiro atoms. The van der Waals surface area contributed by atoms with Crippen molar-refractivity contribution in [1.82, 2.24) is 4.90 Å². The number of hydrogen-bond acceptors (Lipinski definition) is 4. The van der Waals surface area contributed by atoms with Crippen molar-refractivity contribution in [3.05, 3.63) is 59.7 Å². The molecule has 0 saturated carbocycles. The Bertz CT molecular complexity index is 840. The number of anilines is 1. The van der Waals surface area contributed by atoms with Crippen molar-refractivity contribution >= 4 is 21.6 Å². The molecule has 1 aliphatic heterocycles. The van der Waals surface area contributed by atoms with Gasteiger partial charge in [0, 0.05) is 17.8 Å². The monoisotopic (exact) mass is 359 g/mol. The largest absolute Gasteiger partial charge is 0.322 e. The topological polar surface area (TPSA) is 92.5 Å². The Labute approximate surface area is 147 Å². The van der Waals surface area contributed by atoms with Crippen LogP contribution in [0.4, 0.5) is 5.69 Å². The number of carbonyl (C=O) groups is 1. The molecule has 0 radical (unpaired) electrons. The number of likely N-dealkylation sites (tertiary alicyclic amines) is 1. The molecule has 1 heterocycles. The number of amides is 1. The van der Waals surface area contributed by atoms with Crippen molar-refractivity contribution in [3.63, 3.8) is 0 Å². The Kier molecular flexibility index (Phi) is 5.17. The van der Waals surface area contributed by atoms with Crippen LogP contribution in [0.3, 0.4) is 0 Å². The van der Waals surface area contributed by atoms with Crippen LogP contribution < -0.4 is 10.5 Å². The fourth-order valence-electron chi connectivity index (χ4n) is 2.89. The third-order valence-electron chi connectivity index (χ3n) is 4.26. The molecule has 0 aromatic heterocycles. The molecule has 0 unspecified atom stereocenters. The number of hydrogen-bond donors (Lipinski definition) is 2. The molecule has 132 valence electrons. The van der Waals surface area contributed by atoms with E-state index in [9.17, 15) is 13.2 Å². The van der Waals surface area contributed by atoms with E-state index in [2.05, 4.69) is 10.2 Å². The number of nitrogens with one attached hydrogen (secondary N) is 1. The summed E-state index contributed by atoms with van der Waals surface area (Å²) in [7, 11) is -3.75. The van der Waals surface area contributed by atoms with Crippen molar-refractivity contribution < 1.29 is 13.2 Å². The van der Waals surface area contributed by atoms with E-state index in [-0.39, 0.29) is 10.8 Å². The average Bonchev–Trinajstić information content (AvgIpc) is 3.09. The Morgan fingerprint density at radius 2 is 1.60 bits per heavy atom. The minimum Gasteiger partial charge on any atom is -0.322 e. The fourth-order valence-corrected chi connectivity index (χ4v) is 3.41. The van der Waals surface area contributed by atoms with Crippen LogP contribution in [0.25, 0.3) is 0 Å². The van der Waals surface area contributed by atoms with Crippen LogP contribution in [0.2, 0.25) is 0 Å². The van der Waals surface area contributed by atoms with Gasteiger partial charge in [-0.2, -0.15) is 0 Å². The van der Waals surface area contributed by atoms with Crippen molar-refractivity contribution in [3.8, 4) is 0 Å². The van der Waals surface area contributed by atoms with Crippen molar-refractivity contribution in [2.45, 2.75) is 24.3 Å². The van der Waals surface area contributed by atoms with Gasteiger partial charge in [-0.05, 0) is 67.9 Å². The smallest absolute Gasteiger partial charge is 0.255 e. The lowest BCUT2D eigenvalue weighted by Crippen LogP contribution is -2.18. The van der Waals surface area contributed by atoms with E-state index in [1.165, 1.54) is 42.7 Å². The molecule has 0 aliphatic carbocycles. The van der Waals surface area contributed by atoms with Gasteiger partial charge in [-0.1, -0.05) is 12.1 Å². The van der Waals surface area contributed by atoms with Crippen LogP contribution in [-0.4, -0.2) is 32.3 Å². The lowest BCUT2D eigenvalue weighted by Gasteiger charge is -2.14. The lowest BCUT2D eigenvalue weighted by atomic mass is 10.1. The summed E-state index contributed by atoms with van der Waals surface area (Å²) in [6, 6.07) is 13.3. The summed E-state index contributed by atoms with van der Waals surface area (Å²) in [5.41, 5.74) is 2.29. The second-order valence-corrected chi connectivity index (χ2v) is 7.77. The number of sulfonamides is 1. The van der Waals surface area contributed by atoms with Crippen molar-refractivity contribution in [2.24, 2.45) is 5.14 Å². The molecule has 1 saturated heterocycles. The highest BCUT2D eigenvalue weighted by molar-refractivity contribution is 7.89. The summed E-state index contributed by atoms with van der Waals surface area (Å²) in [5.74, 6) is -0.298. The molecule has 0 atom stereocenters. The van der Waals surface area contributed by atoms with Gasteiger partial charge in [0.25, 0.3) is 5.91 Å². The van der Waals surface area contributed by atoms with E-state index in [1.54, 1.807) is 0 Å². The van der Waals surface area contributed by atoms with E-state index in [1.807, 2.05) is 24.3 Å². The van der Waals surface area contributed by atoms with Gasteiger partial charge in [-0.15, -0.1) is 0 Å². The molecule has 0 bridgehead atoms. The maximum absolute atomic E-state index is 12.2. The van der Waals surface area contributed by atoms with Crippen molar-refractivity contribution in [1.29, 1.82) is 0 Å². The SMILES string of the molecule is NS(=O)(=O)c1ccc(C(=O)Nc2ccc(CN3CCCC3)cc2)cc1. The quantitative estimate of drug-likeness (QED) is 0.856. The molecule has 1 fully saturated rings. The highest BCUT2D eigenvalue weighted by Gasteiger charge is 2.12. The summed E-state index contributed by atoms with van der Waals surface area (Å²) in [6.45, 7) is 3.23. The van der Waals surface area contributed by atoms with Crippen LogP contribution in [0.5, 0.6) is 0 Å². The first-order chi connectivity index (χ1) is 11.9. The average molecular weight is 359 g/mol. The van der Waals surface area contributed by atoms with Gasteiger partial charge in [0.1, 0.15) is 0 Å². The van der Waals surface area contributed by atoms with E-state index in [0.717, 1.165) is 19.6 Å². The van der Waals surface area contributed by atoms with Crippen LogP contribution in [0.1, 0.15) is 28.8 Å². The van der Waals surface area contributed by atoms with Crippen LogP contribution in [0.15, 0.2) is 53.4 Å². The number of rotatable bonds is 5. The molecular weight excluding hydrogens is 338 g/mol. The fraction of sp³-hybridized carbons (Fsp3) is 0.278. The highest BCUT2D eigenvalue weighted by Crippen LogP contribution is 2.16. The third-order valence-corrected chi connectivity index (χ3v) is 5.19. The lowest BCUT2D eigenvalue weighted by molar-refractivity contribution is 0.102. The molecule has 7 heteroatoms. The molecule has 25 heavy (non-hydrogen) atoms. The summed E-state index contributed by atoms with van der Waals surface area (Å²) in [4.78, 5) is 14.6. The first kappa shape index (κ1) is 17.6. The van der Waals surface area contributed by atoms with E-state index in [0.29, 0.717) is 11.3 Å². The minimum absolute atomic E-state index is 0.0182. The van der Waals surface area contributed by atoms with Gasteiger partial charge in [0.15, 0.2) is 0 Å². The number of nitrogens with two attached hydrogens (primary N) is 1. The first-order valence-electron chi connectivity index (χ1n) is 8.17. The Balaban J connectivity index is 1.62. The van der Waals surface area contributed by atoms with Gasteiger partial charge < -0.3 is 5.32 Å². The maximum atomic E-state index is 12.2. The maximum Gasteiger partial charge on any atom is 0.255 e. The van der Waals surface area contributed by atoms with Gasteiger partial charge in [-0.25, -0.2) is 13.6 Å². The van der Waals surface area contributed by atoms with Crippen molar-refractivity contribution in [2.75, 3.05) is 18.4 Å². The summed E-state index contributed by atoms with van der Waals surface area (Å²) < 4.78 is 22.5. The molecule has 2 aromatic carbocycles. The minimum atomic E-state index is -3.75. The van der Waals surface area contributed by atoms with Gasteiger partial charge >= 0.3 is 0 Å². The zero-order chi connectivity index (χ0) is 17.9.